The predicted molar refractivity (Wildman–Crippen MR) is 137 cm³/mol. The van der Waals surface area contributed by atoms with Crippen LogP contribution in [0.2, 0.25) is 0 Å². The fourth-order valence-corrected chi connectivity index (χ4v) is 6.92. The van der Waals surface area contributed by atoms with Gasteiger partial charge in [-0.15, -0.1) is 0 Å². The number of aryl methyl sites for hydroxylation is 1. The van der Waals surface area contributed by atoms with E-state index < -0.39 is 11.5 Å². The third-order valence-corrected chi connectivity index (χ3v) is 8.80. The van der Waals surface area contributed by atoms with E-state index in [9.17, 15) is 14.7 Å². The molecule has 0 spiro atoms. The Hall–Kier alpha value is -2.68. The highest BCUT2D eigenvalue weighted by molar-refractivity contribution is 14.1. The molecule has 2 saturated heterocycles. The zero-order valence-corrected chi connectivity index (χ0v) is 22.3. The van der Waals surface area contributed by atoms with Crippen LogP contribution in [0.1, 0.15) is 43.4 Å². The van der Waals surface area contributed by atoms with Crippen LogP contribution in [-0.2, 0) is 17.2 Å². The summed E-state index contributed by atoms with van der Waals surface area (Å²) in [6.07, 6.45) is 2.45. The number of hydrogen-bond acceptors (Lipinski definition) is 8. The Morgan fingerprint density at radius 3 is 2.86 bits per heavy atom. The van der Waals surface area contributed by atoms with Gasteiger partial charge in [0.05, 0.1) is 5.69 Å². The summed E-state index contributed by atoms with van der Waals surface area (Å²) in [6.45, 7) is 4.11. The van der Waals surface area contributed by atoms with Crippen molar-refractivity contribution in [3.8, 4) is 0 Å². The van der Waals surface area contributed by atoms with Crippen LogP contribution in [-0.4, -0.2) is 61.9 Å². The lowest BCUT2D eigenvalue weighted by Gasteiger charge is -2.29. The second kappa shape index (κ2) is 8.71. The first-order valence-electron chi connectivity index (χ1n) is 12.2. The molecule has 4 unspecified atom stereocenters. The van der Waals surface area contributed by atoms with Crippen molar-refractivity contribution in [2.45, 2.75) is 44.2 Å². The van der Waals surface area contributed by atoms with E-state index in [0.29, 0.717) is 46.1 Å². The molecule has 1 saturated carbocycles. The van der Waals surface area contributed by atoms with E-state index in [2.05, 4.69) is 43.1 Å². The topological polar surface area (TPSA) is 141 Å². The Bertz CT molecular complexity index is 1390. The van der Waals surface area contributed by atoms with Crippen LogP contribution in [0.3, 0.4) is 0 Å². The number of aromatic nitrogens is 5. The number of carbonyl (C=O) groups is 1. The van der Waals surface area contributed by atoms with Gasteiger partial charge in [0.25, 0.3) is 5.56 Å². The van der Waals surface area contributed by atoms with Gasteiger partial charge in [-0.05, 0) is 67.0 Å². The number of anilines is 1. The molecule has 3 fully saturated rings. The van der Waals surface area contributed by atoms with E-state index >= 15 is 0 Å². The molecule has 3 aromatic heterocycles. The quantitative estimate of drug-likeness (QED) is 0.418. The monoisotopic (exact) mass is 609 g/mol. The Labute approximate surface area is 220 Å². The Morgan fingerprint density at radius 2 is 2.17 bits per heavy atom. The highest BCUT2D eigenvalue weighted by Gasteiger charge is 2.68. The zero-order chi connectivity index (χ0) is 25.2. The van der Waals surface area contributed by atoms with Gasteiger partial charge in [0.15, 0.2) is 11.9 Å². The summed E-state index contributed by atoms with van der Waals surface area (Å²) in [4.78, 5) is 31.9. The minimum atomic E-state index is -1.06. The van der Waals surface area contributed by atoms with Gasteiger partial charge in [0.2, 0.25) is 5.95 Å². The van der Waals surface area contributed by atoms with E-state index in [1.807, 2.05) is 13.0 Å². The molecule has 5 heterocycles. The van der Waals surface area contributed by atoms with Crippen LogP contribution in [0.5, 0.6) is 0 Å². The Kier molecular flexibility index (Phi) is 5.74. The van der Waals surface area contributed by atoms with Gasteiger partial charge in [0.1, 0.15) is 14.8 Å². The van der Waals surface area contributed by atoms with Crippen LogP contribution in [0, 0.1) is 22.5 Å². The SMILES string of the molecule is Cc1cc(C2(CNC(=O)O)C3CCN(c4nc5c(c(I)nn5C5CCCCO5)c(=O)n4C)CC32)no1. The smallest absolute Gasteiger partial charge is 0.404 e. The van der Waals surface area contributed by atoms with Gasteiger partial charge in [-0.25, -0.2) is 9.48 Å². The van der Waals surface area contributed by atoms with Gasteiger partial charge in [-0.2, -0.15) is 10.1 Å². The third kappa shape index (κ3) is 3.61. The van der Waals surface area contributed by atoms with Crippen LogP contribution < -0.4 is 15.8 Å². The summed E-state index contributed by atoms with van der Waals surface area (Å²) in [5.41, 5.74) is 0.768. The summed E-state index contributed by atoms with van der Waals surface area (Å²) >= 11 is 2.10. The van der Waals surface area contributed by atoms with Crippen molar-refractivity contribution in [1.29, 1.82) is 0 Å². The highest BCUT2D eigenvalue weighted by atomic mass is 127. The standard InChI is InChI=1S/C23H28IN7O5/c1-12-9-15(28-36-12)23(11-25-22(33)34)13-6-7-30(10-14(13)23)21-26-19-17(20(32)29(21)2)18(24)27-31(19)16-5-3-4-8-35-16/h9,13-14,16,25H,3-8,10-11H2,1-2H3,(H,33,34). The molecule has 3 aliphatic rings. The molecule has 36 heavy (non-hydrogen) atoms. The van der Waals surface area contributed by atoms with Crippen molar-refractivity contribution < 1.29 is 19.2 Å². The largest absolute Gasteiger partial charge is 0.465 e. The number of amides is 1. The number of nitrogens with zero attached hydrogens (tertiary/aromatic N) is 6. The molecule has 13 heteroatoms. The predicted octanol–water partition coefficient (Wildman–Crippen LogP) is 2.39. The maximum absolute atomic E-state index is 13.4. The number of hydrogen-bond donors (Lipinski definition) is 2. The van der Waals surface area contributed by atoms with Crippen LogP contribution >= 0.6 is 22.6 Å². The van der Waals surface area contributed by atoms with Crippen LogP contribution in [0.4, 0.5) is 10.7 Å². The normalized spacial score (nSPS) is 27.8. The summed E-state index contributed by atoms with van der Waals surface area (Å²) in [5.74, 6) is 1.71. The van der Waals surface area contributed by atoms with Crippen molar-refractivity contribution in [3.63, 3.8) is 0 Å². The van der Waals surface area contributed by atoms with Crippen molar-refractivity contribution in [2.24, 2.45) is 18.9 Å². The average molecular weight is 609 g/mol. The lowest BCUT2D eigenvalue weighted by molar-refractivity contribution is -0.0372. The maximum Gasteiger partial charge on any atom is 0.404 e. The fourth-order valence-electron chi connectivity index (χ4n) is 6.22. The van der Waals surface area contributed by atoms with E-state index in [1.54, 1.807) is 16.3 Å². The molecule has 2 aliphatic heterocycles. The molecule has 4 atom stereocenters. The van der Waals surface area contributed by atoms with E-state index in [1.165, 1.54) is 0 Å². The summed E-state index contributed by atoms with van der Waals surface area (Å²) in [7, 11) is 1.74. The van der Waals surface area contributed by atoms with Crippen molar-refractivity contribution >= 4 is 45.7 Å². The number of rotatable bonds is 5. The average Bonchev–Trinajstić information content (AvgIpc) is 3.09. The molecular formula is C23H28IN7O5. The molecule has 0 radical (unpaired) electrons. The number of fused-ring (bicyclic) bond motifs is 2. The van der Waals surface area contributed by atoms with E-state index in [4.69, 9.17) is 14.2 Å². The van der Waals surface area contributed by atoms with Gasteiger partial charge in [0, 0.05) is 44.8 Å². The fraction of sp³-hybridized carbons (Fsp3) is 0.609. The zero-order valence-electron chi connectivity index (χ0n) is 20.1. The third-order valence-electron chi connectivity index (χ3n) is 8.04. The molecule has 0 aromatic carbocycles. The van der Waals surface area contributed by atoms with Crippen molar-refractivity contribution in [2.75, 3.05) is 31.1 Å². The van der Waals surface area contributed by atoms with Gasteiger partial charge >= 0.3 is 6.09 Å². The molecule has 192 valence electrons. The molecule has 6 rings (SSSR count). The van der Waals surface area contributed by atoms with Crippen LogP contribution in [0.15, 0.2) is 15.4 Å². The van der Waals surface area contributed by atoms with E-state index in [-0.39, 0.29) is 30.2 Å². The molecule has 2 N–H and O–H groups in total. The molecule has 1 aliphatic carbocycles. The second-order valence-electron chi connectivity index (χ2n) is 10.0. The number of halogens is 1. The number of piperidine rings is 1. The molecular weight excluding hydrogens is 581 g/mol. The summed E-state index contributed by atoms with van der Waals surface area (Å²) in [5, 5.41) is 21.3. The first-order valence-corrected chi connectivity index (χ1v) is 13.3. The Morgan fingerprint density at radius 1 is 1.33 bits per heavy atom. The summed E-state index contributed by atoms with van der Waals surface area (Å²) < 4.78 is 15.3. The molecule has 3 aromatic rings. The number of ether oxygens (including phenoxy) is 1. The van der Waals surface area contributed by atoms with E-state index in [0.717, 1.165) is 31.4 Å². The number of carboxylic acid groups (broad SMARTS) is 1. The van der Waals surface area contributed by atoms with Crippen LogP contribution in [0.25, 0.3) is 11.0 Å². The first-order chi connectivity index (χ1) is 17.3. The second-order valence-corrected chi connectivity index (χ2v) is 11.0. The van der Waals surface area contributed by atoms with Gasteiger partial charge < -0.3 is 24.6 Å². The lowest BCUT2D eigenvalue weighted by atomic mass is 9.96. The lowest BCUT2D eigenvalue weighted by Crippen LogP contribution is -2.37. The van der Waals surface area contributed by atoms with Gasteiger partial charge in [-0.1, -0.05) is 5.16 Å². The molecule has 12 nitrogen and oxygen atoms in total. The number of nitrogens with one attached hydrogen (secondary N) is 1. The van der Waals surface area contributed by atoms with Crippen molar-refractivity contribution in [1.82, 2.24) is 29.8 Å². The van der Waals surface area contributed by atoms with Gasteiger partial charge in [-0.3, -0.25) is 9.36 Å². The molecule has 0 bridgehead atoms. The highest BCUT2D eigenvalue weighted by Crippen LogP contribution is 2.63. The minimum absolute atomic E-state index is 0.134. The molecule has 1 amide bonds. The summed E-state index contributed by atoms with van der Waals surface area (Å²) in [6, 6.07) is 1.90. The van der Waals surface area contributed by atoms with Crippen molar-refractivity contribution in [3.05, 3.63) is 31.6 Å². The Balaban J connectivity index is 1.36. The maximum atomic E-state index is 13.4. The first kappa shape index (κ1) is 23.7. The minimum Gasteiger partial charge on any atom is -0.465 e.